The van der Waals surface area contributed by atoms with Gasteiger partial charge in [0.25, 0.3) is 0 Å². The summed E-state index contributed by atoms with van der Waals surface area (Å²) in [7, 11) is 0. The van der Waals surface area contributed by atoms with Crippen LogP contribution in [0.25, 0.3) is 0 Å². The van der Waals surface area contributed by atoms with Crippen LogP contribution >= 0.6 is 0 Å². The van der Waals surface area contributed by atoms with Gasteiger partial charge < -0.3 is 29.2 Å². The van der Waals surface area contributed by atoms with Gasteiger partial charge in [-0.3, -0.25) is 19.2 Å². The number of ether oxygens (including phenoxy) is 4. The van der Waals surface area contributed by atoms with Gasteiger partial charge in [-0.1, -0.05) is 233 Å². The van der Waals surface area contributed by atoms with Crippen LogP contribution in [0.3, 0.4) is 0 Å². The fraction of sp³-hybridized carbons (Fsp3) is 0.889. The number of esters is 4. The summed E-state index contributed by atoms with van der Waals surface area (Å²) in [4.78, 5) is 79.6. The fourth-order valence-corrected chi connectivity index (χ4v) is 8.26. The van der Waals surface area contributed by atoms with E-state index in [1.807, 2.05) is 0 Å². The van der Waals surface area contributed by atoms with Gasteiger partial charge in [0, 0.05) is 25.7 Å². The molecule has 0 amide bonds. The zero-order valence-corrected chi connectivity index (χ0v) is 42.6. The third-order valence-electron chi connectivity index (χ3n) is 12.4. The molecule has 12 heteroatoms. The van der Waals surface area contributed by atoms with Gasteiger partial charge in [0.15, 0.2) is 12.2 Å². The largest absolute Gasteiger partial charge is 0.478 e. The first-order valence-electron chi connectivity index (χ1n) is 27.3. The Labute approximate surface area is 401 Å². The lowest BCUT2D eigenvalue weighted by molar-refractivity contribution is -0.209. The monoisotopic (exact) mass is 939 g/mol. The molecule has 0 heterocycles. The Morgan fingerprint density at radius 2 is 0.439 bits per heavy atom. The van der Waals surface area contributed by atoms with Crippen LogP contribution in [-0.2, 0) is 47.7 Å². The van der Waals surface area contributed by atoms with E-state index in [2.05, 4.69) is 27.7 Å². The standard InChI is InChI=1S/C54H98O12/c1-5-9-13-17-21-25-29-33-37-41-45(55)63-49(51(53(59)60)65-47(57)43-39-35-31-27-23-19-15-11-7-3)50(64-46(56)42-38-34-30-26-22-18-14-10-6-2)52(54(61)62)66-48(58)44-40-36-32-28-24-20-16-12-8-4/h49-52H,5-44H2,1-4H3,(H,59,60)(H,61,62)/t49-,50+,51-,52+. The van der Waals surface area contributed by atoms with Crippen LogP contribution in [0.2, 0.25) is 0 Å². The second kappa shape index (κ2) is 45.6. The fourth-order valence-electron chi connectivity index (χ4n) is 8.26. The van der Waals surface area contributed by atoms with E-state index < -0.39 is 60.2 Å². The number of rotatable bonds is 49. The highest BCUT2D eigenvalue weighted by molar-refractivity contribution is 5.82. The Kier molecular flexibility index (Phi) is 43.4. The van der Waals surface area contributed by atoms with E-state index >= 15 is 0 Å². The van der Waals surface area contributed by atoms with Crippen LogP contribution in [0.15, 0.2) is 0 Å². The number of hydrogen-bond acceptors (Lipinski definition) is 10. The van der Waals surface area contributed by atoms with Crippen molar-refractivity contribution in [3.05, 3.63) is 0 Å². The third-order valence-corrected chi connectivity index (χ3v) is 12.4. The van der Waals surface area contributed by atoms with Crippen molar-refractivity contribution >= 4 is 35.8 Å². The van der Waals surface area contributed by atoms with Gasteiger partial charge in [0.2, 0.25) is 12.2 Å². The first-order chi connectivity index (χ1) is 32.0. The van der Waals surface area contributed by atoms with Gasteiger partial charge in [0.1, 0.15) is 0 Å². The Bertz CT molecular complexity index is 1130. The minimum absolute atomic E-state index is 0.113. The molecule has 12 nitrogen and oxygen atoms in total. The highest BCUT2D eigenvalue weighted by atomic mass is 16.6. The summed E-state index contributed by atoms with van der Waals surface area (Å²) in [6, 6.07) is 0. The minimum atomic E-state index is -2.24. The molecule has 386 valence electrons. The van der Waals surface area contributed by atoms with E-state index in [4.69, 9.17) is 18.9 Å². The second-order valence-electron chi connectivity index (χ2n) is 18.7. The smallest absolute Gasteiger partial charge is 0.349 e. The number of carboxylic acids is 2. The van der Waals surface area contributed by atoms with Crippen molar-refractivity contribution in [2.24, 2.45) is 0 Å². The average Bonchev–Trinajstić information content (AvgIpc) is 3.29. The molecule has 0 aromatic rings. The van der Waals surface area contributed by atoms with Gasteiger partial charge in [-0.25, -0.2) is 9.59 Å². The normalized spacial score (nSPS) is 13.1. The number of carbonyl (C=O) groups is 6. The molecule has 2 N–H and O–H groups in total. The summed E-state index contributed by atoms with van der Waals surface area (Å²) in [6.45, 7) is 8.68. The molecule has 0 aliphatic carbocycles. The van der Waals surface area contributed by atoms with Gasteiger partial charge in [0.05, 0.1) is 0 Å². The highest BCUT2D eigenvalue weighted by Crippen LogP contribution is 2.24. The molecule has 4 atom stereocenters. The summed E-state index contributed by atoms with van der Waals surface area (Å²) < 4.78 is 22.5. The van der Waals surface area contributed by atoms with E-state index in [1.54, 1.807) is 0 Å². The van der Waals surface area contributed by atoms with Crippen molar-refractivity contribution < 1.29 is 57.9 Å². The van der Waals surface area contributed by atoms with Crippen molar-refractivity contribution in [3.8, 4) is 0 Å². The Balaban J connectivity index is 6.27. The number of carboxylic acid groups (broad SMARTS) is 2. The summed E-state index contributed by atoms with van der Waals surface area (Å²) in [6.07, 6.45) is 26.4. The van der Waals surface area contributed by atoms with Crippen LogP contribution in [0, 0.1) is 0 Å². The second-order valence-corrected chi connectivity index (χ2v) is 18.7. The van der Waals surface area contributed by atoms with Crippen LogP contribution in [-0.4, -0.2) is 70.4 Å². The first-order valence-corrected chi connectivity index (χ1v) is 27.3. The van der Waals surface area contributed by atoms with E-state index in [0.717, 1.165) is 128 Å². The molecule has 0 aliphatic rings. The van der Waals surface area contributed by atoms with Gasteiger partial charge in [-0.15, -0.1) is 0 Å². The average molecular weight is 939 g/mol. The van der Waals surface area contributed by atoms with Crippen molar-refractivity contribution in [2.75, 3.05) is 0 Å². The van der Waals surface area contributed by atoms with Gasteiger partial charge in [-0.2, -0.15) is 0 Å². The number of aliphatic carboxylic acids is 2. The molecule has 0 saturated heterocycles. The van der Waals surface area contributed by atoms with E-state index in [0.29, 0.717) is 25.7 Å². The molecule has 0 rings (SSSR count). The van der Waals surface area contributed by atoms with Crippen LogP contribution in [0.5, 0.6) is 0 Å². The Hall–Kier alpha value is -3.18. The van der Waals surface area contributed by atoms with Gasteiger partial charge >= 0.3 is 35.8 Å². The number of carbonyl (C=O) groups excluding carboxylic acids is 4. The Morgan fingerprint density at radius 1 is 0.273 bits per heavy atom. The molecule has 0 aliphatic heterocycles. The van der Waals surface area contributed by atoms with Gasteiger partial charge in [-0.05, 0) is 25.7 Å². The van der Waals surface area contributed by atoms with Crippen LogP contribution in [0.4, 0.5) is 0 Å². The SMILES string of the molecule is CCCCCCCCCCCC(=O)O[C@H]([C@H](OC(=O)CCCCCCCCCCC)[C@H](OC(=O)CCCCCCCCCCC)C(=O)O)[C@@H](OC(=O)CCCCCCCCCCC)C(=O)O. The molecule has 0 fully saturated rings. The lowest BCUT2D eigenvalue weighted by atomic mass is 10.0. The summed E-state index contributed by atoms with van der Waals surface area (Å²) >= 11 is 0. The predicted octanol–water partition coefficient (Wildman–Crippen LogP) is 14.5. The molecule has 0 bridgehead atoms. The highest BCUT2D eigenvalue weighted by Gasteiger charge is 2.50. The van der Waals surface area contributed by atoms with E-state index in [1.165, 1.54) is 77.0 Å². The maximum absolute atomic E-state index is 13.5. The minimum Gasteiger partial charge on any atom is -0.478 e. The lowest BCUT2D eigenvalue weighted by Crippen LogP contribution is -2.56. The van der Waals surface area contributed by atoms with Crippen LogP contribution in [0.1, 0.15) is 285 Å². The molecule has 0 unspecified atom stereocenters. The summed E-state index contributed by atoms with van der Waals surface area (Å²) in [5, 5.41) is 21.1. The Morgan fingerprint density at radius 3 is 0.621 bits per heavy atom. The molecule has 66 heavy (non-hydrogen) atoms. The molecule has 0 saturated carbocycles. The molecular formula is C54H98O12. The maximum Gasteiger partial charge on any atom is 0.349 e. The molecule has 0 radical (unpaired) electrons. The molecular weight excluding hydrogens is 841 g/mol. The molecule has 0 aromatic heterocycles. The third kappa shape index (κ3) is 36.9. The topological polar surface area (TPSA) is 180 Å². The van der Waals surface area contributed by atoms with E-state index in [-0.39, 0.29) is 25.7 Å². The van der Waals surface area contributed by atoms with Crippen molar-refractivity contribution in [3.63, 3.8) is 0 Å². The quantitative estimate of drug-likeness (QED) is 0.0335. The summed E-state index contributed by atoms with van der Waals surface area (Å²) in [5.41, 5.74) is 0. The van der Waals surface area contributed by atoms with Crippen molar-refractivity contribution in [1.29, 1.82) is 0 Å². The van der Waals surface area contributed by atoms with Crippen LogP contribution < -0.4 is 0 Å². The van der Waals surface area contributed by atoms with Crippen molar-refractivity contribution in [1.82, 2.24) is 0 Å². The molecule has 0 aromatic carbocycles. The first kappa shape index (κ1) is 62.8. The predicted molar refractivity (Wildman–Crippen MR) is 262 cm³/mol. The number of hydrogen-bond donors (Lipinski definition) is 2. The lowest BCUT2D eigenvalue weighted by Gasteiger charge is -2.33. The summed E-state index contributed by atoms with van der Waals surface area (Å²) in [5.74, 6) is -6.93. The van der Waals surface area contributed by atoms with E-state index in [9.17, 15) is 39.0 Å². The zero-order valence-electron chi connectivity index (χ0n) is 42.6. The van der Waals surface area contributed by atoms with Crippen molar-refractivity contribution in [2.45, 2.75) is 309 Å². The number of unbranched alkanes of at least 4 members (excludes halogenated alkanes) is 32. The molecule has 0 spiro atoms. The maximum atomic E-state index is 13.5. The zero-order chi connectivity index (χ0) is 48.9.